The fourth-order valence-electron chi connectivity index (χ4n) is 9.43. The zero-order chi connectivity index (χ0) is 22.4. The molecule has 0 aromatic rings. The summed E-state index contributed by atoms with van der Waals surface area (Å²) < 4.78 is 0. The van der Waals surface area contributed by atoms with Crippen molar-refractivity contribution in [3.8, 4) is 0 Å². The van der Waals surface area contributed by atoms with Crippen molar-refractivity contribution >= 4 is 5.78 Å². The van der Waals surface area contributed by atoms with E-state index in [1.807, 2.05) is 0 Å². The molecule has 4 aliphatic carbocycles. The first kappa shape index (κ1) is 23.6. The molecule has 0 spiro atoms. The van der Waals surface area contributed by atoms with Crippen molar-refractivity contribution in [2.75, 3.05) is 0 Å². The van der Waals surface area contributed by atoms with Crippen LogP contribution in [0.1, 0.15) is 119 Å². The Morgan fingerprint density at radius 3 is 2.55 bits per heavy atom. The van der Waals surface area contributed by atoms with E-state index in [4.69, 9.17) is 0 Å². The molecule has 0 N–H and O–H groups in total. The van der Waals surface area contributed by atoms with Gasteiger partial charge in [0.2, 0.25) is 0 Å². The normalized spacial score (nSPS) is 43.1. The van der Waals surface area contributed by atoms with Gasteiger partial charge in [-0.15, -0.1) is 0 Å². The van der Waals surface area contributed by atoms with E-state index in [2.05, 4.69) is 47.6 Å². The van der Waals surface area contributed by atoms with Crippen molar-refractivity contribution in [3.05, 3.63) is 11.6 Å². The highest BCUT2D eigenvalue weighted by atomic mass is 16.1. The number of rotatable bonds is 7. The first-order valence-corrected chi connectivity index (χ1v) is 14.0. The van der Waals surface area contributed by atoms with Crippen LogP contribution in [0.3, 0.4) is 0 Å². The first-order valence-electron chi connectivity index (χ1n) is 14.0. The number of allylic oxidation sites excluding steroid dienone is 2. The smallest absolute Gasteiger partial charge is 0.139 e. The predicted octanol–water partition coefficient (Wildman–Crippen LogP) is 8.62. The van der Waals surface area contributed by atoms with Crippen molar-refractivity contribution in [3.63, 3.8) is 0 Å². The van der Waals surface area contributed by atoms with E-state index in [0.717, 1.165) is 35.5 Å². The molecule has 0 radical (unpaired) electrons. The molecular formula is C30H50O. The van der Waals surface area contributed by atoms with Crippen molar-refractivity contribution in [1.29, 1.82) is 0 Å². The topological polar surface area (TPSA) is 17.1 Å². The Morgan fingerprint density at radius 2 is 1.84 bits per heavy atom. The highest BCUT2D eigenvalue weighted by Crippen LogP contribution is 2.68. The molecule has 0 heterocycles. The number of hydrogen-bond acceptors (Lipinski definition) is 1. The van der Waals surface area contributed by atoms with Gasteiger partial charge >= 0.3 is 0 Å². The van der Waals surface area contributed by atoms with E-state index in [-0.39, 0.29) is 5.92 Å². The second kappa shape index (κ2) is 8.98. The van der Waals surface area contributed by atoms with Gasteiger partial charge in [-0.3, -0.25) is 4.79 Å². The van der Waals surface area contributed by atoms with Crippen LogP contribution >= 0.6 is 0 Å². The Bertz CT molecular complexity index is 689. The lowest BCUT2D eigenvalue weighted by Crippen LogP contribution is -2.53. The van der Waals surface area contributed by atoms with E-state index >= 15 is 0 Å². The minimum Gasteiger partial charge on any atom is -0.299 e. The largest absolute Gasteiger partial charge is 0.299 e. The van der Waals surface area contributed by atoms with Crippen LogP contribution in [0.2, 0.25) is 0 Å². The molecule has 31 heavy (non-hydrogen) atoms. The summed E-state index contributed by atoms with van der Waals surface area (Å²) >= 11 is 0. The van der Waals surface area contributed by atoms with Crippen molar-refractivity contribution in [1.82, 2.24) is 0 Å². The maximum atomic E-state index is 13.1. The maximum absolute atomic E-state index is 13.1. The van der Waals surface area contributed by atoms with Gasteiger partial charge in [0.1, 0.15) is 5.78 Å². The van der Waals surface area contributed by atoms with Crippen LogP contribution in [0, 0.1) is 52.3 Å². The monoisotopic (exact) mass is 426 g/mol. The van der Waals surface area contributed by atoms with E-state index in [1.165, 1.54) is 70.6 Å². The standard InChI is InChI=1S/C30H50O/c1-7-28(31)23-19-22-26-15-14-24(21(4)12-10-11-20(2)3)30(26,6)18-16-27(22)29(5)17-9-8-13-25(23)29/h13,20-24,26-27H,7-12,14-19H2,1-6H3/t21-,22+,23-,24-,26+,27+,29+,30-/m1/s1. The SMILES string of the molecule is CCC(=O)[C@@H]1C[C@H]2[C@@H]3CC[C@H]([C@H](C)CCCC(C)C)[C@@]3(C)CC[C@@H]2[C@@]2(C)CCCC=C12. The van der Waals surface area contributed by atoms with E-state index in [0.29, 0.717) is 23.0 Å². The molecule has 3 saturated carbocycles. The van der Waals surface area contributed by atoms with Gasteiger partial charge in [-0.1, -0.05) is 72.5 Å². The van der Waals surface area contributed by atoms with Gasteiger partial charge in [0.15, 0.2) is 0 Å². The first-order chi connectivity index (χ1) is 14.7. The molecule has 0 aliphatic heterocycles. The molecule has 1 heteroatoms. The molecule has 0 bridgehead atoms. The fourth-order valence-corrected chi connectivity index (χ4v) is 9.43. The number of Topliss-reactive ketones (excluding diaryl/α,β-unsaturated/α-hetero) is 1. The average Bonchev–Trinajstić information content (AvgIpc) is 3.09. The van der Waals surface area contributed by atoms with E-state index in [9.17, 15) is 4.79 Å². The number of carbonyl (C=O) groups excluding carboxylic acids is 1. The third-order valence-corrected chi connectivity index (χ3v) is 11.0. The third-order valence-electron chi connectivity index (χ3n) is 11.0. The highest BCUT2D eigenvalue weighted by molar-refractivity contribution is 5.84. The van der Waals surface area contributed by atoms with Crippen LogP contribution in [0.15, 0.2) is 11.6 Å². The Morgan fingerprint density at radius 1 is 1.06 bits per heavy atom. The van der Waals surface area contributed by atoms with Crippen LogP contribution in [0.5, 0.6) is 0 Å². The summed E-state index contributed by atoms with van der Waals surface area (Å²) in [6.07, 6.45) is 18.2. The molecule has 0 amide bonds. The molecule has 0 aromatic heterocycles. The van der Waals surface area contributed by atoms with Gasteiger partial charge in [-0.25, -0.2) is 0 Å². The summed E-state index contributed by atoms with van der Waals surface area (Å²) in [4.78, 5) is 13.1. The van der Waals surface area contributed by atoms with Crippen LogP contribution in [0.25, 0.3) is 0 Å². The number of hydrogen-bond donors (Lipinski definition) is 0. The van der Waals surface area contributed by atoms with Crippen LogP contribution < -0.4 is 0 Å². The lowest BCUT2D eigenvalue weighted by atomic mass is 9.44. The summed E-state index contributed by atoms with van der Waals surface area (Å²) in [6.45, 7) is 14.6. The van der Waals surface area contributed by atoms with Crippen molar-refractivity contribution in [2.24, 2.45) is 52.3 Å². The van der Waals surface area contributed by atoms with Gasteiger partial charge in [-0.2, -0.15) is 0 Å². The molecule has 0 unspecified atom stereocenters. The van der Waals surface area contributed by atoms with Crippen LogP contribution in [-0.2, 0) is 4.79 Å². The summed E-state index contributed by atoms with van der Waals surface area (Å²) in [7, 11) is 0. The quantitative estimate of drug-likeness (QED) is 0.372. The van der Waals surface area contributed by atoms with Gasteiger partial charge in [0.05, 0.1) is 0 Å². The molecule has 176 valence electrons. The molecule has 8 atom stereocenters. The Balaban J connectivity index is 1.57. The number of carbonyl (C=O) groups is 1. The Hall–Kier alpha value is -0.590. The van der Waals surface area contributed by atoms with Crippen molar-refractivity contribution in [2.45, 2.75) is 119 Å². The highest BCUT2D eigenvalue weighted by Gasteiger charge is 2.61. The van der Waals surface area contributed by atoms with Crippen LogP contribution in [-0.4, -0.2) is 5.78 Å². The summed E-state index contributed by atoms with van der Waals surface area (Å²) in [5, 5.41) is 0. The lowest BCUT2D eigenvalue weighted by molar-refractivity contribution is -0.128. The van der Waals surface area contributed by atoms with E-state index < -0.39 is 0 Å². The molecule has 1 nitrogen and oxygen atoms in total. The second-order valence-electron chi connectivity index (χ2n) is 13.0. The van der Waals surface area contributed by atoms with Crippen molar-refractivity contribution < 1.29 is 4.79 Å². The zero-order valence-electron chi connectivity index (χ0n) is 21.5. The molecule has 0 aromatic carbocycles. The molecule has 0 saturated heterocycles. The third kappa shape index (κ3) is 3.99. The van der Waals surface area contributed by atoms with E-state index in [1.54, 1.807) is 5.57 Å². The molecular weight excluding hydrogens is 376 g/mol. The summed E-state index contributed by atoms with van der Waals surface area (Å²) in [5.41, 5.74) is 2.40. The predicted molar refractivity (Wildman–Crippen MR) is 132 cm³/mol. The maximum Gasteiger partial charge on any atom is 0.139 e. The zero-order valence-corrected chi connectivity index (χ0v) is 21.5. The summed E-state index contributed by atoms with van der Waals surface area (Å²) in [5.74, 6) is 5.84. The fraction of sp³-hybridized carbons (Fsp3) is 0.900. The minimum atomic E-state index is 0.237. The second-order valence-corrected chi connectivity index (χ2v) is 13.0. The van der Waals surface area contributed by atoms with Gasteiger partial charge in [0, 0.05) is 12.3 Å². The molecule has 4 aliphatic rings. The summed E-state index contributed by atoms with van der Waals surface area (Å²) in [6, 6.07) is 0. The van der Waals surface area contributed by atoms with Gasteiger partial charge < -0.3 is 0 Å². The Labute approximate surface area is 193 Å². The molecule has 4 rings (SSSR count). The van der Waals surface area contributed by atoms with Gasteiger partial charge in [-0.05, 0) is 97.7 Å². The minimum absolute atomic E-state index is 0.237. The Kier molecular flexibility index (Phi) is 6.83. The van der Waals surface area contributed by atoms with Gasteiger partial charge in [0.25, 0.3) is 0 Å². The molecule has 3 fully saturated rings. The van der Waals surface area contributed by atoms with Crippen LogP contribution in [0.4, 0.5) is 0 Å². The number of ketones is 1. The average molecular weight is 427 g/mol. The number of fused-ring (bicyclic) bond motifs is 5. The lowest BCUT2D eigenvalue weighted by Gasteiger charge is -2.60.